The molecule has 6 nitrogen and oxygen atoms in total. The van der Waals surface area contributed by atoms with Crippen molar-refractivity contribution in [3.05, 3.63) is 0 Å². The van der Waals surface area contributed by atoms with E-state index < -0.39 is 39.6 Å². The Morgan fingerprint density at radius 3 is 1.00 bits per heavy atom. The van der Waals surface area contributed by atoms with E-state index in [4.69, 9.17) is 15.3 Å². The molecule has 3 unspecified atom stereocenters. The molecule has 0 radical (unpaired) electrons. The Labute approximate surface area is 107 Å². The van der Waals surface area contributed by atoms with Crippen molar-refractivity contribution in [2.24, 2.45) is 5.92 Å². The number of hydrogen-bond donors (Lipinski definition) is 6. The van der Waals surface area contributed by atoms with Crippen LogP contribution in [0.25, 0.3) is 0 Å². The lowest BCUT2D eigenvalue weighted by atomic mass is 9.96. The molecule has 0 saturated heterocycles. The van der Waals surface area contributed by atoms with E-state index in [1.54, 1.807) is 0 Å². The molecule has 0 bridgehead atoms. The smallest absolute Gasteiger partial charge is 0.316 e. The fraction of sp³-hybridized carbons (Fsp3) is 0.571. The van der Waals surface area contributed by atoms with E-state index in [-0.39, 0.29) is 0 Å². The van der Waals surface area contributed by atoms with Crippen LogP contribution in [0.3, 0.4) is 0 Å². The first-order chi connectivity index (χ1) is 7.20. The van der Waals surface area contributed by atoms with Crippen molar-refractivity contribution in [2.45, 2.75) is 15.7 Å². The van der Waals surface area contributed by atoms with Crippen LogP contribution in [0, 0.1) is 5.92 Å². The van der Waals surface area contributed by atoms with Gasteiger partial charge in [0.15, 0.2) is 0 Å². The predicted octanol–water partition coefficient (Wildman–Crippen LogP) is -0.248. The third kappa shape index (κ3) is 3.80. The van der Waals surface area contributed by atoms with Gasteiger partial charge in [-0.1, -0.05) is 0 Å². The molecule has 3 atom stereocenters. The monoisotopic (exact) mass is 286 g/mol. The van der Waals surface area contributed by atoms with Gasteiger partial charge in [-0.25, -0.2) is 0 Å². The molecule has 0 spiro atoms. The van der Waals surface area contributed by atoms with Gasteiger partial charge in [0.25, 0.3) is 0 Å². The van der Waals surface area contributed by atoms with Gasteiger partial charge in [-0.2, -0.15) is 37.9 Å². The average molecular weight is 286 g/mol. The van der Waals surface area contributed by atoms with Crippen LogP contribution in [-0.2, 0) is 14.4 Å². The van der Waals surface area contributed by atoms with E-state index in [1.807, 2.05) is 0 Å². The minimum atomic E-state index is -1.47. The van der Waals surface area contributed by atoms with Crippen LogP contribution in [0.2, 0.25) is 0 Å². The first kappa shape index (κ1) is 15.5. The van der Waals surface area contributed by atoms with Crippen molar-refractivity contribution in [3.8, 4) is 0 Å². The number of rotatable bonds is 6. The second-order valence-corrected chi connectivity index (χ2v) is 4.60. The zero-order valence-corrected chi connectivity index (χ0v) is 10.4. The summed E-state index contributed by atoms with van der Waals surface area (Å²) in [6.45, 7) is 0. The third-order valence-corrected chi connectivity index (χ3v) is 3.55. The topological polar surface area (TPSA) is 112 Å². The maximum absolute atomic E-state index is 10.7. The number of thiol groups is 3. The van der Waals surface area contributed by atoms with E-state index in [1.165, 1.54) is 0 Å². The third-order valence-electron chi connectivity index (χ3n) is 1.85. The number of carbonyl (C=O) groups is 3. The van der Waals surface area contributed by atoms with Crippen molar-refractivity contribution in [1.29, 1.82) is 0 Å². The van der Waals surface area contributed by atoms with Crippen LogP contribution in [0.4, 0.5) is 0 Å². The molecule has 0 aromatic carbocycles. The molecule has 0 rings (SSSR count). The van der Waals surface area contributed by atoms with Crippen LogP contribution in [-0.4, -0.2) is 49.0 Å². The van der Waals surface area contributed by atoms with Crippen LogP contribution in [0.5, 0.6) is 0 Å². The molecule has 0 amide bonds. The van der Waals surface area contributed by atoms with Gasteiger partial charge in [-0.15, -0.1) is 0 Å². The van der Waals surface area contributed by atoms with Gasteiger partial charge in [0.05, 0.1) is 0 Å². The van der Waals surface area contributed by atoms with E-state index >= 15 is 0 Å². The van der Waals surface area contributed by atoms with Gasteiger partial charge in [0, 0.05) is 5.92 Å². The lowest BCUT2D eigenvalue weighted by Gasteiger charge is -2.25. The van der Waals surface area contributed by atoms with Crippen LogP contribution >= 0.6 is 37.9 Å². The Hall–Kier alpha value is -0.540. The molecular weight excluding hydrogens is 276 g/mol. The predicted molar refractivity (Wildman–Crippen MR) is 64.7 cm³/mol. The van der Waals surface area contributed by atoms with Gasteiger partial charge in [-0.05, 0) is 0 Å². The molecule has 16 heavy (non-hydrogen) atoms. The number of carboxylic acid groups (broad SMARTS) is 3. The Kier molecular flexibility index (Phi) is 6.05. The van der Waals surface area contributed by atoms with E-state index in [2.05, 4.69) is 37.9 Å². The summed E-state index contributed by atoms with van der Waals surface area (Å²) in [5.41, 5.74) is 0. The van der Waals surface area contributed by atoms with Gasteiger partial charge < -0.3 is 15.3 Å². The zero-order valence-electron chi connectivity index (χ0n) is 7.72. The van der Waals surface area contributed by atoms with E-state index in [0.29, 0.717) is 0 Å². The standard InChI is InChI=1S/C7H10O6S3/c8-5(9)2(14)1(3(15)6(10)11)4(16)7(12)13/h1-4,14-16H,(H,8,9)(H,10,11)(H,12,13). The quantitative estimate of drug-likeness (QED) is 0.376. The van der Waals surface area contributed by atoms with Crippen molar-refractivity contribution in [2.75, 3.05) is 0 Å². The summed E-state index contributed by atoms with van der Waals surface area (Å²) in [7, 11) is 0. The van der Waals surface area contributed by atoms with Crippen LogP contribution in [0.1, 0.15) is 0 Å². The number of carboxylic acids is 3. The summed E-state index contributed by atoms with van der Waals surface area (Å²) in [6.07, 6.45) is 0. The number of hydrogen-bond acceptors (Lipinski definition) is 6. The van der Waals surface area contributed by atoms with Gasteiger partial charge in [-0.3, -0.25) is 14.4 Å². The zero-order chi connectivity index (χ0) is 13.0. The highest BCUT2D eigenvalue weighted by molar-refractivity contribution is 7.84. The van der Waals surface area contributed by atoms with Crippen molar-refractivity contribution in [3.63, 3.8) is 0 Å². The fourth-order valence-electron chi connectivity index (χ4n) is 1.01. The summed E-state index contributed by atoms with van der Waals surface area (Å²) >= 11 is 11.0. The lowest BCUT2D eigenvalue weighted by molar-refractivity contribution is -0.141. The minimum absolute atomic E-state index is 1.34. The Balaban J connectivity index is 5.12. The van der Waals surface area contributed by atoms with Gasteiger partial charge in [0.1, 0.15) is 15.7 Å². The maximum atomic E-state index is 10.7. The molecule has 0 aromatic heterocycles. The maximum Gasteiger partial charge on any atom is 0.316 e. The first-order valence-corrected chi connectivity index (χ1v) is 5.47. The minimum Gasteiger partial charge on any atom is -0.480 e. The van der Waals surface area contributed by atoms with Gasteiger partial charge >= 0.3 is 17.9 Å². The fourth-order valence-corrected chi connectivity index (χ4v) is 2.45. The summed E-state index contributed by atoms with van der Waals surface area (Å²) in [5.74, 6) is -5.61. The van der Waals surface area contributed by atoms with Crippen molar-refractivity contribution < 1.29 is 29.7 Å². The number of aliphatic carboxylic acids is 3. The summed E-state index contributed by atoms with van der Waals surface area (Å²) in [5, 5.41) is 21.6. The molecule has 92 valence electrons. The highest BCUT2D eigenvalue weighted by Gasteiger charge is 2.41. The largest absolute Gasteiger partial charge is 0.480 e. The summed E-state index contributed by atoms with van der Waals surface area (Å²) in [4.78, 5) is 32.0. The van der Waals surface area contributed by atoms with E-state index in [9.17, 15) is 14.4 Å². The molecule has 0 aliphatic carbocycles. The highest BCUT2D eigenvalue weighted by Crippen LogP contribution is 2.27. The summed E-state index contributed by atoms with van der Waals surface area (Å²) < 4.78 is 0. The Bertz CT molecular complexity index is 259. The highest BCUT2D eigenvalue weighted by atomic mass is 32.1. The van der Waals surface area contributed by atoms with Gasteiger partial charge in [0.2, 0.25) is 0 Å². The lowest BCUT2D eigenvalue weighted by Crippen LogP contribution is -2.44. The Morgan fingerprint density at radius 1 is 0.688 bits per heavy atom. The summed E-state index contributed by atoms with van der Waals surface area (Å²) in [6, 6.07) is 0. The van der Waals surface area contributed by atoms with Crippen molar-refractivity contribution in [1.82, 2.24) is 0 Å². The molecule has 0 aromatic rings. The van der Waals surface area contributed by atoms with E-state index in [0.717, 1.165) is 0 Å². The SMILES string of the molecule is O=C(O)C(S)C(C(S)C(=O)O)C(S)C(=O)O. The molecule has 0 aliphatic rings. The molecular formula is C7H10O6S3. The second-order valence-electron chi connectivity index (χ2n) is 2.93. The molecule has 0 heterocycles. The second kappa shape index (κ2) is 6.26. The first-order valence-electron chi connectivity index (χ1n) is 3.92. The average Bonchev–Trinajstić information content (AvgIpc) is 2.16. The molecule has 9 heteroatoms. The van der Waals surface area contributed by atoms with Crippen LogP contribution in [0.15, 0.2) is 0 Å². The Morgan fingerprint density at radius 2 is 0.875 bits per heavy atom. The molecule has 3 N–H and O–H groups in total. The normalized spacial score (nSPS) is 18.2. The van der Waals surface area contributed by atoms with Crippen LogP contribution < -0.4 is 0 Å². The molecule has 0 aliphatic heterocycles. The molecule has 0 fully saturated rings. The van der Waals surface area contributed by atoms with Crippen molar-refractivity contribution >= 4 is 55.8 Å². The molecule has 0 saturated carbocycles.